The fraction of sp³-hybridized carbons (Fsp3) is 0.400. The van der Waals surface area contributed by atoms with Gasteiger partial charge in [-0.25, -0.2) is 4.79 Å². The molecule has 1 saturated heterocycles. The molecule has 0 aromatic heterocycles. The molecule has 1 aliphatic rings. The van der Waals surface area contributed by atoms with Gasteiger partial charge in [0.05, 0.1) is 4.92 Å². The Kier molecular flexibility index (Phi) is 3.97. The maximum Gasteiger partial charge on any atom is 0.410 e. The maximum absolute atomic E-state index is 11.8. The van der Waals surface area contributed by atoms with Crippen LogP contribution in [0, 0.1) is 10.1 Å². The van der Waals surface area contributed by atoms with E-state index in [2.05, 4.69) is 0 Å². The van der Waals surface area contributed by atoms with Crippen molar-refractivity contribution in [2.45, 2.75) is 26.4 Å². The van der Waals surface area contributed by atoms with Crippen LogP contribution < -0.4 is 0 Å². The Labute approximate surface area is 123 Å². The van der Waals surface area contributed by atoms with Gasteiger partial charge in [-0.15, -0.1) is 0 Å². The molecule has 0 N–H and O–H groups in total. The molecule has 6 nitrogen and oxygen atoms in total. The summed E-state index contributed by atoms with van der Waals surface area (Å²) in [5, 5.41) is 10.6. The molecule has 1 heterocycles. The topological polar surface area (TPSA) is 72.7 Å². The van der Waals surface area contributed by atoms with Crippen molar-refractivity contribution in [3.05, 3.63) is 45.5 Å². The highest BCUT2D eigenvalue weighted by atomic mass is 16.6. The number of amides is 1. The van der Waals surface area contributed by atoms with Crippen LogP contribution in [-0.2, 0) is 4.74 Å². The summed E-state index contributed by atoms with van der Waals surface area (Å²) in [5.74, 6) is 0. The Hall–Kier alpha value is -2.37. The van der Waals surface area contributed by atoms with Crippen molar-refractivity contribution in [3.8, 4) is 0 Å². The minimum atomic E-state index is -0.491. The number of carbonyl (C=O) groups is 1. The van der Waals surface area contributed by atoms with Crippen molar-refractivity contribution in [1.82, 2.24) is 4.90 Å². The van der Waals surface area contributed by atoms with Crippen molar-refractivity contribution in [1.29, 1.82) is 0 Å². The van der Waals surface area contributed by atoms with E-state index in [0.717, 1.165) is 11.1 Å². The first-order valence-corrected chi connectivity index (χ1v) is 6.66. The molecule has 0 unspecified atom stereocenters. The third-order valence-corrected chi connectivity index (χ3v) is 2.91. The number of nitro benzene ring substituents is 1. The predicted molar refractivity (Wildman–Crippen MR) is 78.9 cm³/mol. The number of hydrogen-bond acceptors (Lipinski definition) is 4. The molecule has 0 spiro atoms. The fourth-order valence-electron chi connectivity index (χ4n) is 1.92. The van der Waals surface area contributed by atoms with Gasteiger partial charge in [-0.1, -0.05) is 6.08 Å². The number of benzene rings is 1. The Morgan fingerprint density at radius 2 is 1.86 bits per heavy atom. The standard InChI is InChI=1S/C15H18N2O4/c1-15(2,3)21-14(18)16-9-12(10-16)8-11-4-6-13(7-5-11)17(19)20/h4-8H,9-10H2,1-3H3. The molecule has 2 rings (SSSR count). The Bertz CT molecular complexity index is 577. The van der Waals surface area contributed by atoms with Crippen molar-refractivity contribution >= 4 is 17.9 Å². The highest BCUT2D eigenvalue weighted by molar-refractivity contribution is 5.72. The molecule has 1 aromatic carbocycles. The molecular weight excluding hydrogens is 272 g/mol. The van der Waals surface area contributed by atoms with Crippen LogP contribution in [0.5, 0.6) is 0 Å². The van der Waals surface area contributed by atoms with Crippen LogP contribution in [0.4, 0.5) is 10.5 Å². The Morgan fingerprint density at radius 3 is 2.33 bits per heavy atom. The molecule has 0 saturated carbocycles. The van der Waals surface area contributed by atoms with E-state index >= 15 is 0 Å². The average molecular weight is 290 g/mol. The smallest absolute Gasteiger partial charge is 0.410 e. The number of carbonyl (C=O) groups excluding carboxylic acids is 1. The van der Waals surface area contributed by atoms with Crippen LogP contribution in [0.3, 0.4) is 0 Å². The number of likely N-dealkylation sites (tertiary alicyclic amines) is 1. The Morgan fingerprint density at radius 1 is 1.29 bits per heavy atom. The largest absolute Gasteiger partial charge is 0.444 e. The highest BCUT2D eigenvalue weighted by Crippen LogP contribution is 2.22. The van der Waals surface area contributed by atoms with Crippen LogP contribution in [0.2, 0.25) is 0 Å². The van der Waals surface area contributed by atoms with Gasteiger partial charge >= 0.3 is 6.09 Å². The average Bonchev–Trinajstić information content (AvgIpc) is 2.31. The number of rotatable bonds is 2. The molecule has 1 aliphatic heterocycles. The predicted octanol–water partition coefficient (Wildman–Crippen LogP) is 3.23. The van der Waals surface area contributed by atoms with E-state index in [1.54, 1.807) is 17.0 Å². The number of hydrogen-bond donors (Lipinski definition) is 0. The van der Waals surface area contributed by atoms with E-state index in [1.165, 1.54) is 12.1 Å². The summed E-state index contributed by atoms with van der Waals surface area (Å²) in [6, 6.07) is 6.33. The first-order valence-electron chi connectivity index (χ1n) is 6.66. The fourth-order valence-corrected chi connectivity index (χ4v) is 1.92. The first kappa shape index (κ1) is 15.0. The third kappa shape index (κ3) is 4.05. The lowest BCUT2D eigenvalue weighted by atomic mass is 10.0. The molecule has 0 bridgehead atoms. The van der Waals surface area contributed by atoms with Gasteiger partial charge in [0.25, 0.3) is 5.69 Å². The van der Waals surface area contributed by atoms with E-state index in [9.17, 15) is 14.9 Å². The summed E-state index contributed by atoms with van der Waals surface area (Å²) in [4.78, 5) is 23.5. The molecule has 0 radical (unpaired) electrons. The number of non-ortho nitro benzene ring substituents is 1. The summed E-state index contributed by atoms with van der Waals surface area (Å²) in [5.41, 5.74) is 1.56. The van der Waals surface area contributed by atoms with Crippen molar-refractivity contribution < 1.29 is 14.5 Å². The van der Waals surface area contributed by atoms with Gasteiger partial charge in [0.1, 0.15) is 5.60 Å². The zero-order valence-electron chi connectivity index (χ0n) is 12.3. The van der Waals surface area contributed by atoms with Gasteiger partial charge in [0, 0.05) is 25.2 Å². The number of nitro groups is 1. The zero-order chi connectivity index (χ0) is 15.6. The molecule has 21 heavy (non-hydrogen) atoms. The van der Waals surface area contributed by atoms with Gasteiger partial charge in [0.2, 0.25) is 0 Å². The van der Waals surface area contributed by atoms with Crippen molar-refractivity contribution in [2.24, 2.45) is 0 Å². The monoisotopic (exact) mass is 290 g/mol. The number of nitrogens with zero attached hydrogens (tertiary/aromatic N) is 2. The van der Waals surface area contributed by atoms with Crippen molar-refractivity contribution in [3.63, 3.8) is 0 Å². The molecular formula is C15H18N2O4. The summed E-state index contributed by atoms with van der Waals surface area (Å²) < 4.78 is 5.27. The molecule has 112 valence electrons. The maximum atomic E-state index is 11.8. The lowest BCUT2D eigenvalue weighted by molar-refractivity contribution is -0.384. The molecule has 1 aromatic rings. The van der Waals surface area contributed by atoms with Gasteiger partial charge in [-0.05, 0) is 44.0 Å². The van der Waals surface area contributed by atoms with Gasteiger partial charge in [-0.2, -0.15) is 0 Å². The van der Waals surface area contributed by atoms with Crippen LogP contribution in [0.1, 0.15) is 26.3 Å². The van der Waals surface area contributed by atoms with Gasteiger partial charge in [-0.3, -0.25) is 10.1 Å². The quantitative estimate of drug-likeness (QED) is 0.619. The van der Waals surface area contributed by atoms with Crippen molar-refractivity contribution in [2.75, 3.05) is 13.1 Å². The minimum absolute atomic E-state index is 0.0705. The lowest BCUT2D eigenvalue weighted by Gasteiger charge is -2.35. The van der Waals surface area contributed by atoms with E-state index in [4.69, 9.17) is 4.74 Å². The SMILES string of the molecule is CC(C)(C)OC(=O)N1CC(=Cc2ccc([N+](=O)[O-])cc2)C1. The molecule has 1 amide bonds. The van der Waals surface area contributed by atoms with Crippen LogP contribution in [0.15, 0.2) is 29.8 Å². The normalized spacial score (nSPS) is 14.4. The van der Waals surface area contributed by atoms with Gasteiger partial charge < -0.3 is 9.64 Å². The molecule has 0 aliphatic carbocycles. The van der Waals surface area contributed by atoms with E-state index in [-0.39, 0.29) is 11.8 Å². The minimum Gasteiger partial charge on any atom is -0.444 e. The summed E-state index contributed by atoms with van der Waals surface area (Å²) >= 11 is 0. The van der Waals surface area contributed by atoms with Crippen LogP contribution in [-0.4, -0.2) is 34.6 Å². The summed E-state index contributed by atoms with van der Waals surface area (Å²) in [6.07, 6.45) is 1.62. The summed E-state index contributed by atoms with van der Waals surface area (Å²) in [7, 11) is 0. The molecule has 6 heteroatoms. The van der Waals surface area contributed by atoms with E-state index in [1.807, 2.05) is 26.8 Å². The molecule has 0 atom stereocenters. The second-order valence-corrected chi connectivity index (χ2v) is 5.99. The van der Waals surface area contributed by atoms with Crippen LogP contribution in [0.25, 0.3) is 6.08 Å². The highest BCUT2D eigenvalue weighted by Gasteiger charge is 2.29. The zero-order valence-corrected chi connectivity index (χ0v) is 12.3. The Balaban J connectivity index is 1.91. The number of ether oxygens (including phenoxy) is 1. The second-order valence-electron chi connectivity index (χ2n) is 5.99. The first-order chi connectivity index (χ1) is 9.74. The summed E-state index contributed by atoms with van der Waals surface area (Å²) in [6.45, 7) is 6.56. The van der Waals surface area contributed by atoms with Crippen LogP contribution >= 0.6 is 0 Å². The third-order valence-electron chi connectivity index (χ3n) is 2.91. The lowest BCUT2D eigenvalue weighted by Crippen LogP contribution is -2.46. The second kappa shape index (κ2) is 5.55. The van der Waals surface area contributed by atoms with Gasteiger partial charge in [0.15, 0.2) is 0 Å². The van der Waals surface area contributed by atoms with E-state index in [0.29, 0.717) is 13.1 Å². The molecule has 1 fully saturated rings. The van der Waals surface area contributed by atoms with E-state index < -0.39 is 10.5 Å².